The molecule has 1 heterocycles. The Morgan fingerprint density at radius 2 is 2.28 bits per heavy atom. The van der Waals surface area contributed by atoms with Crippen molar-refractivity contribution in [2.45, 2.75) is 38.8 Å². The summed E-state index contributed by atoms with van der Waals surface area (Å²) in [5.74, 6) is -0.647. The maximum atomic E-state index is 11.2. The van der Waals surface area contributed by atoms with Crippen molar-refractivity contribution in [3.63, 3.8) is 0 Å². The summed E-state index contributed by atoms with van der Waals surface area (Å²) in [7, 11) is 0. The average molecular weight is 254 g/mol. The molecule has 1 aliphatic heterocycles. The molecule has 0 aromatic rings. The van der Waals surface area contributed by atoms with Crippen LogP contribution in [0.1, 0.15) is 26.7 Å². The molecule has 0 aromatic heterocycles. The third kappa shape index (κ3) is 3.84. The van der Waals surface area contributed by atoms with E-state index in [9.17, 15) is 14.7 Å². The first kappa shape index (κ1) is 14.7. The van der Waals surface area contributed by atoms with Gasteiger partial charge in [-0.2, -0.15) is 0 Å². The molecular formula is C13H22N2O3. The Bertz CT molecular complexity index is 330. The third-order valence-electron chi connectivity index (χ3n) is 3.41. The molecule has 102 valence electrons. The summed E-state index contributed by atoms with van der Waals surface area (Å²) in [6, 6.07) is -0.455. The smallest absolute Gasteiger partial charge is 0.320 e. The Kier molecular flexibility index (Phi) is 5.34. The molecule has 2 N–H and O–H groups in total. The van der Waals surface area contributed by atoms with Crippen LogP contribution in [0.25, 0.3) is 0 Å². The van der Waals surface area contributed by atoms with Crippen molar-refractivity contribution in [2.75, 3.05) is 13.1 Å². The van der Waals surface area contributed by atoms with Crippen molar-refractivity contribution in [3.05, 3.63) is 12.7 Å². The number of rotatable bonds is 6. The van der Waals surface area contributed by atoms with Crippen molar-refractivity contribution in [1.29, 1.82) is 0 Å². The summed E-state index contributed by atoms with van der Waals surface area (Å²) in [6.07, 6.45) is 3.21. The summed E-state index contributed by atoms with van der Waals surface area (Å²) in [5, 5.41) is 12.1. The normalized spacial score (nSPS) is 25.7. The quantitative estimate of drug-likeness (QED) is 0.690. The molecule has 18 heavy (non-hydrogen) atoms. The Balaban J connectivity index is 2.64. The van der Waals surface area contributed by atoms with Gasteiger partial charge in [0.25, 0.3) is 0 Å². The van der Waals surface area contributed by atoms with E-state index < -0.39 is 12.0 Å². The first-order valence-electron chi connectivity index (χ1n) is 6.34. The third-order valence-corrected chi connectivity index (χ3v) is 3.41. The SMILES string of the molecule is C=CC1CC(C(=O)O)N(C[C@@H](CC)NC(C)=O)C1. The molecular weight excluding hydrogens is 232 g/mol. The molecule has 1 aliphatic rings. The lowest BCUT2D eigenvalue weighted by Crippen LogP contribution is -2.46. The van der Waals surface area contributed by atoms with Gasteiger partial charge in [0.2, 0.25) is 5.91 Å². The van der Waals surface area contributed by atoms with Gasteiger partial charge in [0, 0.05) is 26.1 Å². The molecule has 0 spiro atoms. The summed E-state index contributed by atoms with van der Waals surface area (Å²) >= 11 is 0. The molecule has 1 saturated heterocycles. The van der Waals surface area contributed by atoms with Crippen LogP contribution in [0.3, 0.4) is 0 Å². The molecule has 0 radical (unpaired) electrons. The zero-order valence-electron chi connectivity index (χ0n) is 11.1. The molecule has 0 aromatic carbocycles. The lowest BCUT2D eigenvalue weighted by molar-refractivity contribution is -0.142. The van der Waals surface area contributed by atoms with Gasteiger partial charge in [-0.15, -0.1) is 6.58 Å². The number of aliphatic carboxylic acids is 1. The first-order chi connectivity index (χ1) is 8.47. The molecule has 1 amide bonds. The summed E-state index contributed by atoms with van der Waals surface area (Å²) < 4.78 is 0. The number of carbonyl (C=O) groups is 2. The number of likely N-dealkylation sites (tertiary alicyclic amines) is 1. The molecule has 2 unspecified atom stereocenters. The number of amides is 1. The minimum Gasteiger partial charge on any atom is -0.480 e. The van der Waals surface area contributed by atoms with E-state index in [0.717, 1.165) is 6.42 Å². The summed E-state index contributed by atoms with van der Waals surface area (Å²) in [5.41, 5.74) is 0. The van der Waals surface area contributed by atoms with E-state index in [1.54, 1.807) is 0 Å². The summed E-state index contributed by atoms with van der Waals surface area (Å²) in [4.78, 5) is 24.2. The van der Waals surface area contributed by atoms with Gasteiger partial charge in [-0.25, -0.2) is 0 Å². The van der Waals surface area contributed by atoms with Gasteiger partial charge >= 0.3 is 5.97 Å². The molecule has 3 atom stereocenters. The number of carboxylic acids is 1. The molecule has 5 heteroatoms. The van der Waals surface area contributed by atoms with Crippen LogP contribution in [0.5, 0.6) is 0 Å². The van der Waals surface area contributed by atoms with Crippen LogP contribution in [0.4, 0.5) is 0 Å². The van der Waals surface area contributed by atoms with E-state index in [-0.39, 0.29) is 17.9 Å². The number of hydrogen-bond donors (Lipinski definition) is 2. The van der Waals surface area contributed by atoms with Gasteiger partial charge in [-0.3, -0.25) is 14.5 Å². The van der Waals surface area contributed by atoms with Gasteiger partial charge < -0.3 is 10.4 Å². The lowest BCUT2D eigenvalue weighted by Gasteiger charge is -2.26. The first-order valence-corrected chi connectivity index (χ1v) is 6.34. The van der Waals surface area contributed by atoms with Crippen molar-refractivity contribution < 1.29 is 14.7 Å². The monoisotopic (exact) mass is 254 g/mol. The second-order valence-electron chi connectivity index (χ2n) is 4.85. The number of carboxylic acid groups (broad SMARTS) is 1. The molecule has 1 rings (SSSR count). The largest absolute Gasteiger partial charge is 0.480 e. The predicted molar refractivity (Wildman–Crippen MR) is 69.2 cm³/mol. The van der Waals surface area contributed by atoms with E-state index in [2.05, 4.69) is 11.9 Å². The fraction of sp³-hybridized carbons (Fsp3) is 0.692. The van der Waals surface area contributed by atoms with Crippen LogP contribution in [0, 0.1) is 5.92 Å². The molecule has 1 fully saturated rings. The zero-order valence-corrected chi connectivity index (χ0v) is 11.1. The number of nitrogens with zero attached hydrogens (tertiary/aromatic N) is 1. The van der Waals surface area contributed by atoms with Gasteiger partial charge in [-0.1, -0.05) is 13.0 Å². The van der Waals surface area contributed by atoms with E-state index in [0.29, 0.717) is 19.5 Å². The second kappa shape index (κ2) is 6.54. The van der Waals surface area contributed by atoms with E-state index in [1.807, 2.05) is 17.9 Å². The van der Waals surface area contributed by atoms with E-state index in [1.165, 1.54) is 6.92 Å². The standard InChI is InChI=1S/C13H22N2O3/c1-4-10-6-12(13(17)18)15(7-10)8-11(5-2)14-9(3)16/h4,10-12H,1,5-8H2,2-3H3,(H,14,16)(H,17,18)/t10?,11-,12?/m1/s1. The minimum absolute atomic E-state index is 0.00733. The number of hydrogen-bond acceptors (Lipinski definition) is 3. The highest BCUT2D eigenvalue weighted by atomic mass is 16.4. The highest BCUT2D eigenvalue weighted by molar-refractivity contribution is 5.74. The molecule has 0 bridgehead atoms. The Morgan fingerprint density at radius 3 is 2.72 bits per heavy atom. The van der Waals surface area contributed by atoms with Crippen molar-refractivity contribution in [2.24, 2.45) is 5.92 Å². The predicted octanol–water partition coefficient (Wildman–Crippen LogP) is 0.862. The number of carbonyl (C=O) groups excluding carboxylic acids is 1. The summed E-state index contributed by atoms with van der Waals surface area (Å²) in [6.45, 7) is 8.48. The van der Waals surface area contributed by atoms with E-state index >= 15 is 0 Å². The minimum atomic E-state index is -0.794. The van der Waals surface area contributed by atoms with Crippen LogP contribution in [0.2, 0.25) is 0 Å². The Morgan fingerprint density at radius 1 is 1.61 bits per heavy atom. The van der Waals surface area contributed by atoms with Crippen LogP contribution >= 0.6 is 0 Å². The van der Waals surface area contributed by atoms with Crippen molar-refractivity contribution >= 4 is 11.9 Å². The Hall–Kier alpha value is -1.36. The lowest BCUT2D eigenvalue weighted by atomic mass is 10.1. The number of nitrogens with one attached hydrogen (secondary N) is 1. The highest BCUT2D eigenvalue weighted by Crippen LogP contribution is 2.24. The average Bonchev–Trinajstić information content (AvgIpc) is 2.70. The Labute approximate surface area is 108 Å². The van der Waals surface area contributed by atoms with Gasteiger partial charge in [-0.05, 0) is 18.8 Å². The zero-order chi connectivity index (χ0) is 13.7. The maximum absolute atomic E-state index is 11.2. The topological polar surface area (TPSA) is 69.6 Å². The molecule has 0 saturated carbocycles. The van der Waals surface area contributed by atoms with Crippen LogP contribution in [0.15, 0.2) is 12.7 Å². The van der Waals surface area contributed by atoms with Crippen LogP contribution in [-0.2, 0) is 9.59 Å². The molecule has 0 aliphatic carbocycles. The van der Waals surface area contributed by atoms with Gasteiger partial charge in [0.15, 0.2) is 0 Å². The van der Waals surface area contributed by atoms with Crippen molar-refractivity contribution in [1.82, 2.24) is 10.2 Å². The van der Waals surface area contributed by atoms with Gasteiger partial charge in [0.1, 0.15) is 6.04 Å². The van der Waals surface area contributed by atoms with E-state index in [4.69, 9.17) is 0 Å². The van der Waals surface area contributed by atoms with Gasteiger partial charge in [0.05, 0.1) is 0 Å². The van der Waals surface area contributed by atoms with Crippen LogP contribution < -0.4 is 5.32 Å². The fourth-order valence-corrected chi connectivity index (χ4v) is 2.42. The second-order valence-corrected chi connectivity index (χ2v) is 4.85. The highest BCUT2D eigenvalue weighted by Gasteiger charge is 2.36. The molecule has 5 nitrogen and oxygen atoms in total. The van der Waals surface area contributed by atoms with Crippen LogP contribution in [-0.4, -0.2) is 47.1 Å². The fourth-order valence-electron chi connectivity index (χ4n) is 2.42. The van der Waals surface area contributed by atoms with Crippen molar-refractivity contribution in [3.8, 4) is 0 Å². The maximum Gasteiger partial charge on any atom is 0.320 e.